The van der Waals surface area contributed by atoms with Gasteiger partial charge in [-0.05, 0) is 48.9 Å². The van der Waals surface area contributed by atoms with Crippen LogP contribution in [-0.4, -0.2) is 14.5 Å². The van der Waals surface area contributed by atoms with Crippen molar-refractivity contribution >= 4 is 26.0 Å². The van der Waals surface area contributed by atoms with Crippen molar-refractivity contribution in [3.05, 3.63) is 28.2 Å². The maximum absolute atomic E-state index is 12.5. The van der Waals surface area contributed by atoms with Crippen LogP contribution in [0.3, 0.4) is 0 Å². The zero-order valence-corrected chi connectivity index (χ0v) is 14.6. The number of sulfonamides is 1. The molecule has 0 spiro atoms. The van der Waals surface area contributed by atoms with E-state index in [-0.39, 0.29) is 11.5 Å². The summed E-state index contributed by atoms with van der Waals surface area (Å²) in [5.74, 6) is 0. The highest BCUT2D eigenvalue weighted by molar-refractivity contribution is 9.10. The highest BCUT2D eigenvalue weighted by Gasteiger charge is 2.35. The fraction of sp³-hybridized carbons (Fsp3) is 0.600. The zero-order chi connectivity index (χ0) is 15.0. The molecule has 1 unspecified atom stereocenters. The molecule has 0 bridgehead atoms. The molecule has 112 valence electrons. The van der Waals surface area contributed by atoms with Gasteiger partial charge in [-0.15, -0.1) is 0 Å². The second kappa shape index (κ2) is 5.78. The minimum atomic E-state index is -3.44. The molecule has 5 heteroatoms. The van der Waals surface area contributed by atoms with Gasteiger partial charge >= 0.3 is 0 Å². The van der Waals surface area contributed by atoms with Crippen molar-refractivity contribution in [2.24, 2.45) is 5.41 Å². The van der Waals surface area contributed by atoms with Gasteiger partial charge in [0.15, 0.2) is 0 Å². The smallest absolute Gasteiger partial charge is 0.208 e. The number of benzene rings is 1. The minimum absolute atomic E-state index is 0.0187. The quantitative estimate of drug-likeness (QED) is 0.886. The SMILES string of the molecule is Cc1cc(S(=O)(=O)NC2CCCCC2(C)C)ccc1Br. The summed E-state index contributed by atoms with van der Waals surface area (Å²) < 4.78 is 28.9. The molecule has 2 rings (SSSR count). The molecule has 0 aromatic heterocycles. The molecular weight excluding hydrogens is 338 g/mol. The Morgan fingerprint density at radius 1 is 1.30 bits per heavy atom. The monoisotopic (exact) mass is 359 g/mol. The molecule has 1 aliphatic rings. The van der Waals surface area contributed by atoms with Gasteiger partial charge in [0.05, 0.1) is 4.90 Å². The number of nitrogens with one attached hydrogen (secondary N) is 1. The summed E-state index contributed by atoms with van der Waals surface area (Å²) >= 11 is 3.40. The van der Waals surface area contributed by atoms with E-state index in [1.807, 2.05) is 6.92 Å². The Morgan fingerprint density at radius 3 is 2.60 bits per heavy atom. The summed E-state index contributed by atoms with van der Waals surface area (Å²) in [6.45, 7) is 6.19. The molecule has 0 aliphatic heterocycles. The molecule has 1 fully saturated rings. The summed E-state index contributed by atoms with van der Waals surface area (Å²) in [6.07, 6.45) is 4.26. The molecule has 1 aromatic carbocycles. The van der Waals surface area contributed by atoms with E-state index in [9.17, 15) is 8.42 Å². The van der Waals surface area contributed by atoms with E-state index in [2.05, 4.69) is 34.5 Å². The summed E-state index contributed by atoms with van der Waals surface area (Å²) in [7, 11) is -3.44. The van der Waals surface area contributed by atoms with Crippen LogP contribution in [0.1, 0.15) is 45.1 Å². The predicted octanol–water partition coefficient (Wildman–Crippen LogP) is 4.00. The first-order valence-corrected chi connectivity index (χ1v) is 9.28. The Balaban J connectivity index is 2.24. The van der Waals surface area contributed by atoms with E-state index < -0.39 is 10.0 Å². The third-order valence-electron chi connectivity index (χ3n) is 4.24. The molecule has 0 amide bonds. The Hall–Kier alpha value is -0.390. The summed E-state index contributed by atoms with van der Waals surface area (Å²) in [5, 5.41) is 0. The summed E-state index contributed by atoms with van der Waals surface area (Å²) in [5.41, 5.74) is 0.950. The minimum Gasteiger partial charge on any atom is -0.208 e. The predicted molar refractivity (Wildman–Crippen MR) is 85.2 cm³/mol. The van der Waals surface area contributed by atoms with Gasteiger partial charge in [-0.25, -0.2) is 13.1 Å². The van der Waals surface area contributed by atoms with Crippen LogP contribution in [0.4, 0.5) is 0 Å². The van der Waals surface area contributed by atoms with Gasteiger partial charge in [0.1, 0.15) is 0 Å². The Bertz CT molecular complexity index is 596. The van der Waals surface area contributed by atoms with E-state index in [0.29, 0.717) is 4.90 Å². The van der Waals surface area contributed by atoms with Crippen molar-refractivity contribution in [2.75, 3.05) is 0 Å². The van der Waals surface area contributed by atoms with E-state index in [1.54, 1.807) is 18.2 Å². The second-order valence-electron chi connectivity index (χ2n) is 6.32. The standard InChI is InChI=1S/C15H22BrNO2S/c1-11-10-12(7-8-13(11)16)20(18,19)17-14-6-4-5-9-15(14,2)3/h7-8,10,14,17H,4-6,9H2,1-3H3. The number of aryl methyl sites for hydroxylation is 1. The van der Waals surface area contributed by atoms with Crippen LogP contribution < -0.4 is 4.72 Å². The van der Waals surface area contributed by atoms with Crippen LogP contribution in [0.15, 0.2) is 27.6 Å². The van der Waals surface area contributed by atoms with Gasteiger partial charge in [-0.3, -0.25) is 0 Å². The van der Waals surface area contributed by atoms with Gasteiger partial charge in [0.2, 0.25) is 10.0 Å². The molecule has 3 nitrogen and oxygen atoms in total. The first-order valence-electron chi connectivity index (χ1n) is 7.01. The van der Waals surface area contributed by atoms with Crippen molar-refractivity contribution in [3.63, 3.8) is 0 Å². The molecule has 1 atom stereocenters. The van der Waals surface area contributed by atoms with Gasteiger partial charge in [0.25, 0.3) is 0 Å². The third kappa shape index (κ3) is 3.43. The Kier molecular flexibility index (Phi) is 4.62. The number of hydrogen-bond donors (Lipinski definition) is 1. The van der Waals surface area contributed by atoms with Gasteiger partial charge in [-0.1, -0.05) is 42.6 Å². The third-order valence-corrected chi connectivity index (χ3v) is 6.60. The maximum atomic E-state index is 12.5. The van der Waals surface area contributed by atoms with Crippen molar-refractivity contribution in [2.45, 2.75) is 57.4 Å². The Morgan fingerprint density at radius 2 is 2.00 bits per heavy atom. The first kappa shape index (κ1) is 16.0. The molecular formula is C15H22BrNO2S. The lowest BCUT2D eigenvalue weighted by Crippen LogP contribution is -2.46. The average Bonchev–Trinajstić information content (AvgIpc) is 2.35. The molecule has 20 heavy (non-hydrogen) atoms. The number of halogens is 1. The van der Waals surface area contributed by atoms with Crippen LogP contribution in [0.2, 0.25) is 0 Å². The van der Waals surface area contributed by atoms with Crippen LogP contribution in [0.25, 0.3) is 0 Å². The van der Waals surface area contributed by atoms with Gasteiger partial charge in [0, 0.05) is 10.5 Å². The second-order valence-corrected chi connectivity index (χ2v) is 8.89. The van der Waals surface area contributed by atoms with Crippen molar-refractivity contribution < 1.29 is 8.42 Å². The molecule has 1 N–H and O–H groups in total. The average molecular weight is 360 g/mol. The molecule has 0 heterocycles. The van der Waals surface area contributed by atoms with E-state index in [1.165, 1.54) is 6.42 Å². The lowest BCUT2D eigenvalue weighted by atomic mass is 9.74. The van der Waals surface area contributed by atoms with Crippen molar-refractivity contribution in [1.82, 2.24) is 4.72 Å². The molecule has 1 aliphatic carbocycles. The zero-order valence-electron chi connectivity index (χ0n) is 12.2. The molecule has 0 saturated heterocycles. The largest absolute Gasteiger partial charge is 0.240 e. The maximum Gasteiger partial charge on any atom is 0.240 e. The van der Waals surface area contributed by atoms with Crippen LogP contribution >= 0.6 is 15.9 Å². The van der Waals surface area contributed by atoms with Gasteiger partial charge in [-0.2, -0.15) is 0 Å². The normalized spacial score (nSPS) is 22.7. The topological polar surface area (TPSA) is 46.2 Å². The fourth-order valence-electron chi connectivity index (χ4n) is 2.75. The van der Waals surface area contributed by atoms with Crippen molar-refractivity contribution in [1.29, 1.82) is 0 Å². The lowest BCUT2D eigenvalue weighted by Gasteiger charge is -2.38. The Labute approximate surface area is 130 Å². The first-order chi connectivity index (χ1) is 9.22. The molecule has 1 saturated carbocycles. The van der Waals surface area contributed by atoms with Gasteiger partial charge < -0.3 is 0 Å². The van der Waals surface area contributed by atoms with E-state index in [0.717, 1.165) is 29.3 Å². The van der Waals surface area contributed by atoms with E-state index in [4.69, 9.17) is 0 Å². The lowest BCUT2D eigenvalue weighted by molar-refractivity contribution is 0.188. The molecule has 0 radical (unpaired) electrons. The summed E-state index contributed by atoms with van der Waals surface area (Å²) in [6, 6.07) is 5.16. The van der Waals surface area contributed by atoms with Crippen LogP contribution in [-0.2, 0) is 10.0 Å². The number of hydrogen-bond acceptors (Lipinski definition) is 2. The van der Waals surface area contributed by atoms with E-state index >= 15 is 0 Å². The highest BCUT2D eigenvalue weighted by Crippen LogP contribution is 2.36. The number of rotatable bonds is 3. The van der Waals surface area contributed by atoms with Crippen molar-refractivity contribution in [3.8, 4) is 0 Å². The summed E-state index contributed by atoms with van der Waals surface area (Å²) in [4.78, 5) is 0.347. The molecule has 1 aromatic rings. The van der Waals surface area contributed by atoms with Crippen LogP contribution in [0.5, 0.6) is 0 Å². The highest BCUT2D eigenvalue weighted by atomic mass is 79.9. The van der Waals surface area contributed by atoms with Crippen LogP contribution in [0, 0.1) is 12.3 Å². The fourth-order valence-corrected chi connectivity index (χ4v) is 4.53.